The van der Waals surface area contributed by atoms with Crippen LogP contribution in [0.1, 0.15) is 6.42 Å². The van der Waals surface area contributed by atoms with Crippen LogP contribution < -0.4 is 5.73 Å². The lowest BCUT2D eigenvalue weighted by atomic mass is 10.1. The third-order valence-electron chi connectivity index (χ3n) is 2.03. The van der Waals surface area contributed by atoms with Crippen molar-refractivity contribution in [1.82, 2.24) is 0 Å². The molecule has 40 valence electrons. The quantitative estimate of drug-likeness (QED) is 0.454. The number of ether oxygens (including phenoxy) is 1. The second kappa shape index (κ2) is 0.858. The zero-order valence-electron chi connectivity index (χ0n) is 4.18. The summed E-state index contributed by atoms with van der Waals surface area (Å²) in [4.78, 5) is 0. The lowest BCUT2D eigenvalue weighted by Gasteiger charge is -2.25. The number of hydrogen-bond acceptors (Lipinski definition) is 2. The van der Waals surface area contributed by atoms with E-state index in [1.807, 2.05) is 0 Å². The van der Waals surface area contributed by atoms with Crippen molar-refractivity contribution in [3.8, 4) is 0 Å². The van der Waals surface area contributed by atoms with Gasteiger partial charge < -0.3 is 10.5 Å². The van der Waals surface area contributed by atoms with E-state index in [4.69, 9.17) is 10.5 Å². The summed E-state index contributed by atoms with van der Waals surface area (Å²) in [7, 11) is 0. The van der Waals surface area contributed by atoms with E-state index in [2.05, 4.69) is 0 Å². The highest BCUT2D eigenvalue weighted by atomic mass is 16.5. The van der Waals surface area contributed by atoms with Gasteiger partial charge in [-0.2, -0.15) is 0 Å². The molecule has 0 aromatic carbocycles. The van der Waals surface area contributed by atoms with Crippen molar-refractivity contribution in [2.45, 2.75) is 12.5 Å². The van der Waals surface area contributed by atoms with E-state index in [0.717, 1.165) is 13.2 Å². The van der Waals surface area contributed by atoms with Gasteiger partial charge in [-0.05, 0) is 6.42 Å². The van der Waals surface area contributed by atoms with Crippen molar-refractivity contribution in [1.29, 1.82) is 0 Å². The van der Waals surface area contributed by atoms with Crippen LogP contribution in [0.25, 0.3) is 0 Å². The van der Waals surface area contributed by atoms with Gasteiger partial charge in [-0.25, -0.2) is 0 Å². The molecule has 2 fully saturated rings. The van der Waals surface area contributed by atoms with Crippen LogP contribution in [0, 0.1) is 5.41 Å². The minimum atomic E-state index is 0.473. The van der Waals surface area contributed by atoms with E-state index >= 15 is 0 Å². The average molecular weight is 99.1 g/mol. The Bertz CT molecular complexity index is 92.7. The molecular formula is C5H9NO. The molecule has 0 amide bonds. The van der Waals surface area contributed by atoms with Crippen LogP contribution in [-0.2, 0) is 4.74 Å². The first-order valence-electron chi connectivity index (χ1n) is 2.67. The first-order valence-corrected chi connectivity index (χ1v) is 2.67. The second-order valence-electron chi connectivity index (χ2n) is 2.67. The summed E-state index contributed by atoms with van der Waals surface area (Å²) in [6.45, 7) is 1.85. The second-order valence-corrected chi connectivity index (χ2v) is 2.67. The number of nitrogens with two attached hydrogens (primary N) is 1. The molecule has 1 aliphatic heterocycles. The van der Waals surface area contributed by atoms with Gasteiger partial charge in [-0.1, -0.05) is 0 Å². The van der Waals surface area contributed by atoms with Gasteiger partial charge in [-0.15, -0.1) is 0 Å². The van der Waals surface area contributed by atoms with Gasteiger partial charge in [0.1, 0.15) is 0 Å². The molecule has 1 spiro atoms. The first-order chi connectivity index (χ1) is 3.33. The van der Waals surface area contributed by atoms with Gasteiger partial charge >= 0.3 is 0 Å². The maximum absolute atomic E-state index is 5.58. The van der Waals surface area contributed by atoms with E-state index in [1.165, 1.54) is 6.42 Å². The third kappa shape index (κ3) is 0.318. The summed E-state index contributed by atoms with van der Waals surface area (Å²) in [5.74, 6) is 0. The zero-order chi connectivity index (χ0) is 4.91. The van der Waals surface area contributed by atoms with Crippen LogP contribution in [0.3, 0.4) is 0 Å². The summed E-state index contributed by atoms with van der Waals surface area (Å²) < 4.78 is 4.99. The molecule has 2 N–H and O–H groups in total. The van der Waals surface area contributed by atoms with Crippen LogP contribution >= 0.6 is 0 Å². The normalized spacial score (nSPS) is 43.3. The highest BCUT2D eigenvalue weighted by Gasteiger charge is 2.57. The van der Waals surface area contributed by atoms with E-state index < -0.39 is 0 Å². The zero-order valence-corrected chi connectivity index (χ0v) is 4.18. The maximum atomic E-state index is 5.58. The van der Waals surface area contributed by atoms with Gasteiger partial charge in [0.15, 0.2) is 0 Å². The Morgan fingerprint density at radius 1 is 1.57 bits per heavy atom. The Hall–Kier alpha value is -0.0800. The summed E-state index contributed by atoms with van der Waals surface area (Å²) >= 11 is 0. The average Bonchev–Trinajstić information content (AvgIpc) is 2.10. The molecule has 2 heteroatoms. The van der Waals surface area contributed by atoms with Gasteiger partial charge in [0.05, 0.1) is 13.2 Å². The van der Waals surface area contributed by atoms with E-state index in [9.17, 15) is 0 Å². The molecule has 2 aliphatic rings. The lowest BCUT2D eigenvalue weighted by molar-refractivity contribution is -0.0523. The molecule has 1 aliphatic carbocycles. The molecule has 7 heavy (non-hydrogen) atoms. The van der Waals surface area contributed by atoms with Crippen molar-refractivity contribution >= 4 is 0 Å². The third-order valence-corrected chi connectivity index (χ3v) is 2.03. The van der Waals surface area contributed by atoms with E-state index in [1.54, 1.807) is 0 Å². The van der Waals surface area contributed by atoms with Crippen molar-refractivity contribution in [2.24, 2.45) is 11.1 Å². The van der Waals surface area contributed by atoms with Crippen LogP contribution in [0.5, 0.6) is 0 Å². The lowest BCUT2D eigenvalue weighted by Crippen LogP contribution is -2.35. The molecule has 0 bridgehead atoms. The Balaban J connectivity index is 2.05. The van der Waals surface area contributed by atoms with Crippen LogP contribution in [0.15, 0.2) is 0 Å². The standard InChI is InChI=1S/C5H9NO/c6-4-1-5(4)2-7-3-5/h4H,1-3,6H2. The highest BCUT2D eigenvalue weighted by Crippen LogP contribution is 2.50. The molecule has 1 unspecified atom stereocenters. The van der Waals surface area contributed by atoms with Crippen molar-refractivity contribution in [3.05, 3.63) is 0 Å². The molecule has 1 atom stereocenters. The predicted molar refractivity (Wildman–Crippen MR) is 25.8 cm³/mol. The molecule has 1 heterocycles. The van der Waals surface area contributed by atoms with Crippen molar-refractivity contribution in [2.75, 3.05) is 13.2 Å². The van der Waals surface area contributed by atoms with Crippen molar-refractivity contribution in [3.63, 3.8) is 0 Å². The molecular weight excluding hydrogens is 90.1 g/mol. The fraction of sp³-hybridized carbons (Fsp3) is 1.00. The SMILES string of the molecule is NC1CC12COC2. The molecule has 1 saturated carbocycles. The number of rotatable bonds is 0. The summed E-state index contributed by atoms with van der Waals surface area (Å²) in [5, 5.41) is 0. The first kappa shape index (κ1) is 3.87. The molecule has 0 aromatic rings. The molecule has 2 nitrogen and oxygen atoms in total. The number of hydrogen-bond donors (Lipinski definition) is 1. The fourth-order valence-corrected chi connectivity index (χ4v) is 1.08. The van der Waals surface area contributed by atoms with Gasteiger partial charge in [0, 0.05) is 11.5 Å². The molecule has 0 radical (unpaired) electrons. The van der Waals surface area contributed by atoms with Gasteiger partial charge in [0.2, 0.25) is 0 Å². The maximum Gasteiger partial charge on any atom is 0.0560 e. The van der Waals surface area contributed by atoms with Crippen LogP contribution in [-0.4, -0.2) is 19.3 Å². The predicted octanol–water partition coefficient (Wildman–Crippen LogP) is -0.266. The molecule has 1 saturated heterocycles. The smallest absolute Gasteiger partial charge is 0.0560 e. The molecule has 2 rings (SSSR count). The Labute approximate surface area is 42.6 Å². The topological polar surface area (TPSA) is 35.2 Å². The van der Waals surface area contributed by atoms with Crippen molar-refractivity contribution < 1.29 is 4.74 Å². The Morgan fingerprint density at radius 3 is 2.14 bits per heavy atom. The Kier molecular flexibility index (Phi) is 0.474. The highest BCUT2D eigenvalue weighted by molar-refractivity contribution is 5.09. The van der Waals surface area contributed by atoms with Gasteiger partial charge in [-0.3, -0.25) is 0 Å². The summed E-state index contributed by atoms with van der Waals surface area (Å²) in [6, 6.07) is 0.473. The minimum Gasteiger partial charge on any atom is -0.380 e. The largest absolute Gasteiger partial charge is 0.380 e. The summed E-state index contributed by atoms with van der Waals surface area (Å²) in [6.07, 6.45) is 1.20. The van der Waals surface area contributed by atoms with Crippen LogP contribution in [0.4, 0.5) is 0 Å². The molecule has 0 aromatic heterocycles. The fourth-order valence-electron chi connectivity index (χ4n) is 1.08. The summed E-state index contributed by atoms with van der Waals surface area (Å²) in [5.41, 5.74) is 6.07. The Morgan fingerprint density at radius 2 is 2.14 bits per heavy atom. The monoisotopic (exact) mass is 99.1 g/mol. The van der Waals surface area contributed by atoms with Crippen LogP contribution in [0.2, 0.25) is 0 Å². The van der Waals surface area contributed by atoms with E-state index in [0.29, 0.717) is 11.5 Å². The van der Waals surface area contributed by atoms with Gasteiger partial charge in [0.25, 0.3) is 0 Å². The minimum absolute atomic E-state index is 0.473. The van der Waals surface area contributed by atoms with E-state index in [-0.39, 0.29) is 0 Å².